The molecular formula is C17H20FN3O. The third-order valence-electron chi connectivity index (χ3n) is 5.08. The number of amides is 1. The van der Waals surface area contributed by atoms with Crippen molar-refractivity contribution in [1.29, 1.82) is 0 Å². The summed E-state index contributed by atoms with van der Waals surface area (Å²) in [5.74, 6) is 0.201. The molecule has 1 aromatic rings. The van der Waals surface area contributed by atoms with E-state index in [0.29, 0.717) is 18.0 Å². The van der Waals surface area contributed by atoms with Crippen LogP contribution in [0.15, 0.2) is 23.3 Å². The molecule has 5 heteroatoms. The zero-order valence-corrected chi connectivity index (χ0v) is 12.7. The lowest BCUT2D eigenvalue weighted by molar-refractivity contribution is 0.0962. The van der Waals surface area contributed by atoms with Gasteiger partial charge in [-0.1, -0.05) is 0 Å². The minimum Gasteiger partial charge on any atom is -0.355 e. The second-order valence-electron chi connectivity index (χ2n) is 6.37. The number of rotatable bonds is 3. The van der Waals surface area contributed by atoms with Crippen LogP contribution in [0.5, 0.6) is 0 Å². The Hall–Kier alpha value is -1.72. The van der Waals surface area contributed by atoms with E-state index < -0.39 is 0 Å². The number of carbonyl (C=O) groups excluding carboxylic acids is 1. The van der Waals surface area contributed by atoms with Crippen LogP contribution in [-0.4, -0.2) is 44.0 Å². The molecule has 0 aromatic heterocycles. The lowest BCUT2D eigenvalue weighted by Gasteiger charge is -2.29. The summed E-state index contributed by atoms with van der Waals surface area (Å²) in [5, 5.41) is 5.91. The van der Waals surface area contributed by atoms with Crippen LogP contribution in [0.25, 0.3) is 0 Å². The van der Waals surface area contributed by atoms with Crippen molar-refractivity contribution in [2.24, 2.45) is 5.92 Å². The molecule has 0 bridgehead atoms. The van der Waals surface area contributed by atoms with Crippen LogP contribution >= 0.6 is 0 Å². The first kappa shape index (κ1) is 13.9. The van der Waals surface area contributed by atoms with Crippen molar-refractivity contribution in [3.05, 3.63) is 45.8 Å². The molecule has 1 atom stereocenters. The van der Waals surface area contributed by atoms with E-state index in [1.807, 2.05) is 6.07 Å². The maximum Gasteiger partial charge on any atom is 0.251 e. The monoisotopic (exact) mass is 301 g/mol. The molecule has 22 heavy (non-hydrogen) atoms. The summed E-state index contributed by atoms with van der Waals surface area (Å²) in [5.41, 5.74) is 5.28. The van der Waals surface area contributed by atoms with E-state index >= 15 is 0 Å². The molecule has 116 valence electrons. The van der Waals surface area contributed by atoms with Crippen LogP contribution in [0.4, 0.5) is 4.39 Å². The van der Waals surface area contributed by atoms with Gasteiger partial charge < -0.3 is 10.6 Å². The number of nitrogens with zero attached hydrogens (tertiary/aromatic N) is 1. The van der Waals surface area contributed by atoms with Gasteiger partial charge in [-0.05, 0) is 35.3 Å². The van der Waals surface area contributed by atoms with E-state index in [1.165, 1.54) is 6.07 Å². The molecule has 1 aromatic carbocycles. The third-order valence-corrected chi connectivity index (χ3v) is 5.08. The highest BCUT2D eigenvalue weighted by molar-refractivity contribution is 5.94. The predicted molar refractivity (Wildman–Crippen MR) is 82.2 cm³/mol. The van der Waals surface area contributed by atoms with Crippen molar-refractivity contribution < 1.29 is 9.18 Å². The normalized spacial score (nSPS) is 23.3. The number of nitrogens with one attached hydrogen (secondary N) is 2. The summed E-state index contributed by atoms with van der Waals surface area (Å²) in [6, 6.07) is 3.20. The third kappa shape index (κ3) is 2.25. The average Bonchev–Trinajstić information content (AvgIpc) is 2.96. The van der Waals surface area contributed by atoms with Crippen LogP contribution < -0.4 is 10.6 Å². The van der Waals surface area contributed by atoms with Gasteiger partial charge in [-0.15, -0.1) is 0 Å². The molecule has 2 heterocycles. The van der Waals surface area contributed by atoms with Gasteiger partial charge in [0.1, 0.15) is 5.82 Å². The Kier molecular flexibility index (Phi) is 3.27. The molecule has 2 N–H and O–H groups in total. The fraction of sp³-hybridized carbons (Fsp3) is 0.471. The zero-order chi connectivity index (χ0) is 15.3. The Labute approximate surface area is 129 Å². The predicted octanol–water partition coefficient (Wildman–Crippen LogP) is 1.07. The molecule has 1 saturated heterocycles. The molecule has 0 saturated carbocycles. The molecule has 4 nitrogen and oxygen atoms in total. The van der Waals surface area contributed by atoms with Gasteiger partial charge in [0.2, 0.25) is 0 Å². The summed E-state index contributed by atoms with van der Waals surface area (Å²) in [4.78, 5) is 14.0. The quantitative estimate of drug-likeness (QED) is 0.821. The number of fused-ring (bicyclic) bond motifs is 2. The van der Waals surface area contributed by atoms with Crippen molar-refractivity contribution in [2.75, 3.05) is 33.2 Å². The highest BCUT2D eigenvalue weighted by Crippen LogP contribution is 2.42. The van der Waals surface area contributed by atoms with Crippen molar-refractivity contribution in [1.82, 2.24) is 15.5 Å². The number of halogens is 1. The first-order chi connectivity index (χ1) is 10.7. The topological polar surface area (TPSA) is 44.4 Å². The smallest absolute Gasteiger partial charge is 0.251 e. The summed E-state index contributed by atoms with van der Waals surface area (Å²) >= 11 is 0. The first-order valence-electron chi connectivity index (χ1n) is 7.85. The number of hydrogen-bond acceptors (Lipinski definition) is 3. The SMILES string of the molecule is CNC(=O)c1cc(F)c2c(c1)CCN(CC1=C3CNCC31)C2. The Balaban J connectivity index is 1.51. The standard InChI is InChI=1S/C17H20FN3O/c1-19-17(22)11-4-10-2-3-21(8-14(10)16(18)5-11)9-15-12-6-20-7-13(12)15/h4-5,12,20H,2-3,6-9H2,1H3,(H,19,22). The molecule has 0 spiro atoms. The molecule has 4 rings (SSSR count). The lowest BCUT2D eigenvalue weighted by Crippen LogP contribution is -2.33. The van der Waals surface area contributed by atoms with Gasteiger partial charge in [0.05, 0.1) is 0 Å². The number of hydrogen-bond donors (Lipinski definition) is 2. The van der Waals surface area contributed by atoms with Crippen molar-refractivity contribution in [2.45, 2.75) is 13.0 Å². The van der Waals surface area contributed by atoms with E-state index in [1.54, 1.807) is 18.2 Å². The molecule has 2 aliphatic heterocycles. The van der Waals surface area contributed by atoms with E-state index in [2.05, 4.69) is 15.5 Å². The van der Waals surface area contributed by atoms with Gasteiger partial charge in [0.15, 0.2) is 0 Å². The van der Waals surface area contributed by atoms with Gasteiger partial charge in [0.25, 0.3) is 5.91 Å². The minimum absolute atomic E-state index is 0.227. The van der Waals surface area contributed by atoms with Crippen LogP contribution in [0, 0.1) is 11.7 Å². The van der Waals surface area contributed by atoms with Gasteiger partial charge in [-0.2, -0.15) is 0 Å². The Morgan fingerprint density at radius 3 is 3.09 bits per heavy atom. The van der Waals surface area contributed by atoms with Gasteiger partial charge in [-0.3, -0.25) is 9.69 Å². The summed E-state index contributed by atoms with van der Waals surface area (Å²) in [6.45, 7) is 4.66. The summed E-state index contributed by atoms with van der Waals surface area (Å²) in [7, 11) is 1.57. The Bertz CT molecular complexity index is 683. The largest absolute Gasteiger partial charge is 0.355 e. The number of carbonyl (C=O) groups is 1. The molecule has 3 aliphatic rings. The first-order valence-corrected chi connectivity index (χ1v) is 7.85. The van der Waals surface area contributed by atoms with E-state index in [4.69, 9.17) is 0 Å². The lowest BCUT2D eigenvalue weighted by atomic mass is 9.96. The summed E-state index contributed by atoms with van der Waals surface area (Å²) < 4.78 is 14.4. The minimum atomic E-state index is -0.254. The second-order valence-corrected chi connectivity index (χ2v) is 6.37. The van der Waals surface area contributed by atoms with Crippen molar-refractivity contribution in [3.63, 3.8) is 0 Å². The van der Waals surface area contributed by atoms with Crippen LogP contribution in [0.2, 0.25) is 0 Å². The van der Waals surface area contributed by atoms with Crippen molar-refractivity contribution >= 4 is 5.91 Å². The molecule has 0 radical (unpaired) electrons. The van der Waals surface area contributed by atoms with Gasteiger partial charge >= 0.3 is 0 Å². The van der Waals surface area contributed by atoms with E-state index in [0.717, 1.165) is 43.7 Å². The zero-order valence-electron chi connectivity index (χ0n) is 12.7. The Morgan fingerprint density at radius 1 is 1.50 bits per heavy atom. The van der Waals surface area contributed by atoms with Gasteiger partial charge in [-0.25, -0.2) is 4.39 Å². The van der Waals surface area contributed by atoms with Crippen LogP contribution in [-0.2, 0) is 13.0 Å². The Morgan fingerprint density at radius 2 is 2.36 bits per heavy atom. The molecule has 1 aliphatic carbocycles. The van der Waals surface area contributed by atoms with Crippen LogP contribution in [0.1, 0.15) is 21.5 Å². The molecule has 1 unspecified atom stereocenters. The second kappa shape index (κ2) is 5.18. The van der Waals surface area contributed by atoms with E-state index in [-0.39, 0.29) is 11.7 Å². The maximum absolute atomic E-state index is 14.4. The fourth-order valence-corrected chi connectivity index (χ4v) is 3.75. The maximum atomic E-state index is 14.4. The molecule has 1 amide bonds. The van der Waals surface area contributed by atoms with Gasteiger partial charge in [0, 0.05) is 56.8 Å². The molecular weight excluding hydrogens is 281 g/mol. The summed E-state index contributed by atoms with van der Waals surface area (Å²) in [6.07, 6.45) is 0.808. The highest BCUT2D eigenvalue weighted by Gasteiger charge is 2.40. The fourth-order valence-electron chi connectivity index (χ4n) is 3.75. The molecule has 1 fully saturated rings. The van der Waals surface area contributed by atoms with Crippen LogP contribution in [0.3, 0.4) is 0 Å². The van der Waals surface area contributed by atoms with E-state index in [9.17, 15) is 9.18 Å². The number of benzene rings is 1. The highest BCUT2D eigenvalue weighted by atomic mass is 19.1. The average molecular weight is 301 g/mol. The van der Waals surface area contributed by atoms with Crippen molar-refractivity contribution in [3.8, 4) is 0 Å².